The van der Waals surface area contributed by atoms with Gasteiger partial charge in [-0.05, 0) is 61.8 Å². The lowest BCUT2D eigenvalue weighted by atomic mass is 9.73. The van der Waals surface area contributed by atoms with Crippen molar-refractivity contribution in [2.45, 2.75) is 39.7 Å². The van der Waals surface area contributed by atoms with Crippen molar-refractivity contribution in [2.24, 2.45) is 5.41 Å². The molecule has 0 saturated carbocycles. The van der Waals surface area contributed by atoms with E-state index in [2.05, 4.69) is 10.6 Å². The summed E-state index contributed by atoms with van der Waals surface area (Å²) >= 11 is 12.8. The van der Waals surface area contributed by atoms with Gasteiger partial charge >= 0.3 is 0 Å². The van der Waals surface area contributed by atoms with Gasteiger partial charge in [0.1, 0.15) is 0 Å². The van der Waals surface area contributed by atoms with E-state index in [1.165, 1.54) is 6.92 Å². The number of likely N-dealkylation sites (N-methyl/N-ethyl adjacent to an activating group) is 1. The number of anilines is 2. The average Bonchev–Trinajstić information content (AvgIpc) is 2.91. The maximum absolute atomic E-state index is 13.7. The molecule has 0 fully saturated rings. The molecule has 1 unspecified atom stereocenters. The normalized spacial score (nSPS) is 18.6. The van der Waals surface area contributed by atoms with Crippen molar-refractivity contribution >= 4 is 52.2 Å². The van der Waals surface area contributed by atoms with E-state index >= 15 is 0 Å². The van der Waals surface area contributed by atoms with Crippen LogP contribution in [-0.4, -0.2) is 49.7 Å². The van der Waals surface area contributed by atoms with Gasteiger partial charge in [0.05, 0.1) is 17.4 Å². The number of fused-ring (bicyclic) bond motifs is 1. The smallest absolute Gasteiger partial charge is 0.251 e. The molecule has 0 bridgehead atoms. The lowest BCUT2D eigenvalue weighted by Gasteiger charge is -2.37. The van der Waals surface area contributed by atoms with Crippen LogP contribution < -0.4 is 15.5 Å². The number of ketones is 1. The Morgan fingerprint density at radius 3 is 2.51 bits per heavy atom. The fraction of sp³-hybridized carbons (Fsp3) is 0.393. The minimum Gasteiger partial charge on any atom is -0.357 e. The van der Waals surface area contributed by atoms with Crippen LogP contribution >= 0.6 is 23.2 Å². The monoisotopic (exact) mass is 542 g/mol. The second kappa shape index (κ2) is 10.5. The van der Waals surface area contributed by atoms with E-state index in [1.807, 2.05) is 32.8 Å². The SMILES string of the molecule is CC(=O)N1c2ccc(C(=O)NCCN(C)C)cc2NC2=C(C(=O)CC(C)(C)C2)C1c1ccc(Cl)cc1Cl. The van der Waals surface area contributed by atoms with Gasteiger partial charge in [-0.25, -0.2) is 0 Å². The number of nitrogens with one attached hydrogen (secondary N) is 2. The molecule has 7 nitrogen and oxygen atoms in total. The van der Waals surface area contributed by atoms with Gasteiger partial charge in [0.15, 0.2) is 5.78 Å². The summed E-state index contributed by atoms with van der Waals surface area (Å²) in [6.07, 6.45) is 0.942. The molecule has 9 heteroatoms. The highest BCUT2D eigenvalue weighted by molar-refractivity contribution is 6.35. The summed E-state index contributed by atoms with van der Waals surface area (Å²) in [5, 5.41) is 7.20. The van der Waals surface area contributed by atoms with E-state index in [0.29, 0.717) is 64.1 Å². The van der Waals surface area contributed by atoms with Crippen LogP contribution in [-0.2, 0) is 9.59 Å². The van der Waals surface area contributed by atoms with Gasteiger partial charge in [0, 0.05) is 53.3 Å². The summed E-state index contributed by atoms with van der Waals surface area (Å²) in [5.41, 5.74) is 3.18. The summed E-state index contributed by atoms with van der Waals surface area (Å²) in [5.74, 6) is -0.513. The molecular weight excluding hydrogens is 511 g/mol. The first-order chi connectivity index (χ1) is 17.4. The quantitative estimate of drug-likeness (QED) is 0.525. The maximum Gasteiger partial charge on any atom is 0.251 e. The molecule has 1 aliphatic heterocycles. The highest BCUT2D eigenvalue weighted by Crippen LogP contribution is 2.49. The fourth-order valence-corrected chi connectivity index (χ4v) is 5.56. The molecule has 2 amide bonds. The van der Waals surface area contributed by atoms with Crippen LogP contribution in [0.15, 0.2) is 47.7 Å². The van der Waals surface area contributed by atoms with Crippen molar-refractivity contribution in [2.75, 3.05) is 37.4 Å². The third-order valence-corrected chi connectivity index (χ3v) is 7.26. The second-order valence-electron chi connectivity index (χ2n) is 10.7. The molecule has 2 aliphatic rings. The minimum atomic E-state index is -0.741. The average molecular weight is 543 g/mol. The standard InChI is InChI=1S/C28H32Cl2N4O3/c1-16(35)34-23-9-6-17(27(37)31-10-11-33(4)5)12-21(23)32-22-14-28(2,3)15-24(36)25(22)26(34)19-8-7-18(29)13-20(19)30/h6-9,12-13,26,32H,10-11,14-15H2,1-5H3,(H,31,37). The molecule has 37 heavy (non-hydrogen) atoms. The zero-order valence-corrected chi connectivity index (χ0v) is 23.3. The summed E-state index contributed by atoms with van der Waals surface area (Å²) in [6, 6.07) is 9.52. The van der Waals surface area contributed by atoms with Crippen molar-refractivity contribution < 1.29 is 14.4 Å². The number of Topliss-reactive ketones (excluding diaryl/α,β-unsaturated/α-hetero) is 1. The highest BCUT2D eigenvalue weighted by Gasteiger charge is 2.43. The van der Waals surface area contributed by atoms with Crippen LogP contribution in [0, 0.1) is 5.41 Å². The molecule has 196 valence electrons. The van der Waals surface area contributed by atoms with Crippen LogP contribution in [0.2, 0.25) is 10.0 Å². The van der Waals surface area contributed by atoms with Crippen molar-refractivity contribution in [1.82, 2.24) is 10.2 Å². The van der Waals surface area contributed by atoms with Crippen molar-refractivity contribution in [3.8, 4) is 0 Å². The largest absolute Gasteiger partial charge is 0.357 e. The maximum atomic E-state index is 13.7. The zero-order valence-electron chi connectivity index (χ0n) is 21.7. The Kier molecular flexibility index (Phi) is 7.70. The Morgan fingerprint density at radius 2 is 1.86 bits per heavy atom. The van der Waals surface area contributed by atoms with Crippen LogP contribution in [0.1, 0.15) is 55.6 Å². The van der Waals surface area contributed by atoms with Crippen LogP contribution in [0.5, 0.6) is 0 Å². The predicted octanol–water partition coefficient (Wildman–Crippen LogP) is 5.45. The number of hydrogen-bond acceptors (Lipinski definition) is 5. The number of amides is 2. The molecule has 0 radical (unpaired) electrons. The Bertz CT molecular complexity index is 1300. The fourth-order valence-electron chi connectivity index (χ4n) is 5.05. The van der Waals surface area contributed by atoms with E-state index in [0.717, 1.165) is 5.70 Å². The summed E-state index contributed by atoms with van der Waals surface area (Å²) < 4.78 is 0. The van der Waals surface area contributed by atoms with Gasteiger partial charge in [-0.15, -0.1) is 0 Å². The van der Waals surface area contributed by atoms with Gasteiger partial charge in [0.2, 0.25) is 5.91 Å². The van der Waals surface area contributed by atoms with Crippen LogP contribution in [0.4, 0.5) is 11.4 Å². The molecule has 0 aromatic heterocycles. The Labute approximate surface area is 227 Å². The predicted molar refractivity (Wildman–Crippen MR) is 148 cm³/mol. The lowest BCUT2D eigenvalue weighted by Crippen LogP contribution is -2.38. The number of carbonyl (C=O) groups excluding carboxylic acids is 3. The van der Waals surface area contributed by atoms with Gasteiger partial charge in [-0.3, -0.25) is 19.3 Å². The van der Waals surface area contributed by atoms with E-state index in [1.54, 1.807) is 41.3 Å². The molecule has 2 aromatic carbocycles. The van der Waals surface area contributed by atoms with Crippen molar-refractivity contribution in [3.05, 3.63) is 68.8 Å². The van der Waals surface area contributed by atoms with Gasteiger partial charge < -0.3 is 15.5 Å². The lowest BCUT2D eigenvalue weighted by molar-refractivity contribution is -0.118. The number of carbonyl (C=O) groups is 3. The summed E-state index contributed by atoms with van der Waals surface area (Å²) in [7, 11) is 3.88. The molecule has 4 rings (SSSR count). The highest BCUT2D eigenvalue weighted by atomic mass is 35.5. The molecule has 2 aromatic rings. The number of hydrogen-bond donors (Lipinski definition) is 2. The minimum absolute atomic E-state index is 0.0459. The molecule has 0 saturated heterocycles. The van der Waals surface area contributed by atoms with Crippen LogP contribution in [0.3, 0.4) is 0 Å². The van der Waals surface area contributed by atoms with E-state index in [9.17, 15) is 14.4 Å². The number of allylic oxidation sites excluding steroid dienone is 1. The zero-order chi connectivity index (χ0) is 27.1. The first-order valence-electron chi connectivity index (χ1n) is 12.2. The van der Waals surface area contributed by atoms with E-state index < -0.39 is 6.04 Å². The first kappa shape index (κ1) is 27.2. The van der Waals surface area contributed by atoms with Gasteiger partial charge in [-0.2, -0.15) is 0 Å². The molecule has 1 aliphatic carbocycles. The molecular formula is C28H32Cl2N4O3. The van der Waals surface area contributed by atoms with Crippen molar-refractivity contribution in [3.63, 3.8) is 0 Å². The number of halogens is 2. The van der Waals surface area contributed by atoms with Gasteiger partial charge in [0.25, 0.3) is 5.91 Å². The summed E-state index contributed by atoms with van der Waals surface area (Å²) in [6.45, 7) is 6.77. The Hall–Kier alpha value is -2.87. The van der Waals surface area contributed by atoms with E-state index in [-0.39, 0.29) is 23.0 Å². The summed E-state index contributed by atoms with van der Waals surface area (Å²) in [4.78, 5) is 43.3. The van der Waals surface area contributed by atoms with Gasteiger partial charge in [-0.1, -0.05) is 43.1 Å². The third-order valence-electron chi connectivity index (χ3n) is 6.70. The molecule has 1 heterocycles. The second-order valence-corrected chi connectivity index (χ2v) is 11.6. The molecule has 2 N–H and O–H groups in total. The first-order valence-corrected chi connectivity index (χ1v) is 13.0. The Morgan fingerprint density at radius 1 is 1.14 bits per heavy atom. The Balaban J connectivity index is 1.88. The van der Waals surface area contributed by atoms with Crippen LogP contribution in [0.25, 0.3) is 0 Å². The topological polar surface area (TPSA) is 81.8 Å². The van der Waals surface area contributed by atoms with Crippen molar-refractivity contribution in [1.29, 1.82) is 0 Å². The third kappa shape index (κ3) is 5.69. The molecule has 0 spiro atoms. The number of rotatable bonds is 5. The molecule has 1 atom stereocenters. The number of nitrogens with zero attached hydrogens (tertiary/aromatic N) is 2. The number of benzene rings is 2. The van der Waals surface area contributed by atoms with E-state index in [4.69, 9.17) is 23.2 Å².